The van der Waals surface area contributed by atoms with Crippen LogP contribution in [0.4, 0.5) is 18.9 Å². The molecule has 4 N–H and O–H groups in total. The van der Waals surface area contributed by atoms with Gasteiger partial charge in [0.1, 0.15) is 0 Å². The van der Waals surface area contributed by atoms with Crippen LogP contribution in [0.25, 0.3) is 0 Å². The summed E-state index contributed by atoms with van der Waals surface area (Å²) in [5, 5.41) is 2.56. The van der Waals surface area contributed by atoms with Gasteiger partial charge in [-0.15, -0.1) is 0 Å². The van der Waals surface area contributed by atoms with Crippen molar-refractivity contribution < 1.29 is 13.2 Å². The smallest absolute Gasteiger partial charge is 0.325 e. The molecule has 0 heterocycles. The number of alkyl halides is 3. The van der Waals surface area contributed by atoms with E-state index in [1.807, 2.05) is 13.8 Å². The van der Waals surface area contributed by atoms with Crippen molar-refractivity contribution in [3.05, 3.63) is 28.2 Å². The summed E-state index contributed by atoms with van der Waals surface area (Å²) < 4.78 is 39.2. The summed E-state index contributed by atoms with van der Waals surface area (Å²) in [6, 6.07) is 3.82. The number of rotatable bonds is 3. The van der Waals surface area contributed by atoms with Gasteiger partial charge in [0.15, 0.2) is 0 Å². The molecule has 20 heavy (non-hydrogen) atoms. The van der Waals surface area contributed by atoms with E-state index in [-0.39, 0.29) is 17.6 Å². The van der Waals surface area contributed by atoms with Gasteiger partial charge in [-0.05, 0) is 24.1 Å². The van der Waals surface area contributed by atoms with Gasteiger partial charge < -0.3 is 5.32 Å². The molecule has 0 unspecified atom stereocenters. The molecule has 1 rings (SSSR count). The molecular formula is C12H16BrF3N4. The first-order chi connectivity index (χ1) is 9.24. The first-order valence-corrected chi connectivity index (χ1v) is 6.68. The van der Waals surface area contributed by atoms with Crippen molar-refractivity contribution >= 4 is 27.6 Å². The molecule has 0 saturated carbocycles. The molecule has 0 atom stereocenters. The molecule has 0 fully saturated rings. The van der Waals surface area contributed by atoms with Gasteiger partial charge in [-0.25, -0.2) is 5.84 Å². The minimum absolute atomic E-state index is 0.0894. The number of hydrazine groups is 1. The number of nitrogens with two attached hydrogens (primary N) is 1. The van der Waals surface area contributed by atoms with E-state index < -0.39 is 11.7 Å². The highest BCUT2D eigenvalue weighted by Crippen LogP contribution is 2.36. The summed E-state index contributed by atoms with van der Waals surface area (Å²) >= 11 is 3.02. The van der Waals surface area contributed by atoms with Gasteiger partial charge in [-0.1, -0.05) is 29.8 Å². The highest BCUT2D eigenvalue weighted by atomic mass is 79.9. The first kappa shape index (κ1) is 16.8. The normalized spacial score (nSPS) is 12.7. The number of hydrogen-bond donors (Lipinski definition) is 3. The van der Waals surface area contributed by atoms with E-state index in [1.54, 1.807) is 0 Å². The Kier molecular flexibility index (Phi) is 5.82. The predicted octanol–water partition coefficient (Wildman–Crippen LogP) is 3.36. The molecule has 0 amide bonds. The quantitative estimate of drug-likeness (QED) is 0.338. The zero-order chi connectivity index (χ0) is 15.3. The maximum Gasteiger partial charge on any atom is 0.418 e. The van der Waals surface area contributed by atoms with Crippen molar-refractivity contribution in [2.24, 2.45) is 16.8 Å². The lowest BCUT2D eigenvalue weighted by molar-refractivity contribution is -0.136. The summed E-state index contributed by atoms with van der Waals surface area (Å²) in [6.07, 6.45) is -4.47. The lowest BCUT2D eigenvalue weighted by Crippen LogP contribution is -2.37. The number of anilines is 1. The summed E-state index contributed by atoms with van der Waals surface area (Å²) in [7, 11) is 0. The Balaban J connectivity index is 3.04. The van der Waals surface area contributed by atoms with Crippen molar-refractivity contribution in [2.45, 2.75) is 20.0 Å². The number of nitrogens with zero attached hydrogens (tertiary/aromatic N) is 1. The third-order valence-electron chi connectivity index (χ3n) is 2.29. The van der Waals surface area contributed by atoms with E-state index in [1.165, 1.54) is 12.1 Å². The van der Waals surface area contributed by atoms with Crippen molar-refractivity contribution in [2.75, 3.05) is 11.9 Å². The number of halogens is 4. The molecule has 8 heteroatoms. The second-order valence-electron chi connectivity index (χ2n) is 4.54. The minimum Gasteiger partial charge on any atom is -0.325 e. The van der Waals surface area contributed by atoms with Crippen LogP contribution in [0.5, 0.6) is 0 Å². The first-order valence-electron chi connectivity index (χ1n) is 5.89. The van der Waals surface area contributed by atoms with Crippen LogP contribution in [0.1, 0.15) is 19.4 Å². The van der Waals surface area contributed by atoms with Crippen LogP contribution in [-0.2, 0) is 6.18 Å². The molecule has 0 aliphatic rings. The van der Waals surface area contributed by atoms with Crippen LogP contribution in [0.15, 0.2) is 27.7 Å². The molecule has 112 valence electrons. The summed E-state index contributed by atoms with van der Waals surface area (Å²) in [5.74, 6) is 5.62. The van der Waals surface area contributed by atoms with E-state index in [4.69, 9.17) is 5.84 Å². The average Bonchev–Trinajstić information content (AvgIpc) is 2.34. The van der Waals surface area contributed by atoms with Crippen molar-refractivity contribution in [1.29, 1.82) is 0 Å². The second kappa shape index (κ2) is 6.94. The molecule has 0 aliphatic carbocycles. The zero-order valence-corrected chi connectivity index (χ0v) is 12.6. The van der Waals surface area contributed by atoms with Gasteiger partial charge in [-0.3, -0.25) is 10.4 Å². The van der Waals surface area contributed by atoms with Gasteiger partial charge in [0.25, 0.3) is 0 Å². The van der Waals surface area contributed by atoms with Gasteiger partial charge >= 0.3 is 6.18 Å². The van der Waals surface area contributed by atoms with E-state index >= 15 is 0 Å². The molecule has 1 aromatic carbocycles. The highest BCUT2D eigenvalue weighted by Gasteiger charge is 2.34. The highest BCUT2D eigenvalue weighted by molar-refractivity contribution is 9.10. The molecule has 0 spiro atoms. The number of hydrogen-bond acceptors (Lipinski definition) is 2. The Morgan fingerprint density at radius 1 is 1.40 bits per heavy atom. The molecule has 0 aliphatic heterocycles. The average molecular weight is 353 g/mol. The lowest BCUT2D eigenvalue weighted by Gasteiger charge is -2.16. The molecule has 0 bridgehead atoms. The molecule has 0 radical (unpaired) electrons. The number of guanidine groups is 1. The topological polar surface area (TPSA) is 62.4 Å². The van der Waals surface area contributed by atoms with Crippen molar-refractivity contribution in [3.8, 4) is 0 Å². The Hall–Kier alpha value is -1.28. The van der Waals surface area contributed by atoms with Crippen LogP contribution in [0.3, 0.4) is 0 Å². The fourth-order valence-corrected chi connectivity index (χ4v) is 1.74. The van der Waals surface area contributed by atoms with Crippen LogP contribution in [0, 0.1) is 5.92 Å². The Morgan fingerprint density at radius 2 is 2.05 bits per heavy atom. The standard InChI is InChI=1S/C12H16BrF3N4/c1-7(2)6-18-11(20-17)19-10-4-3-8(13)5-9(10)12(14,15)16/h3-5,7H,6,17H2,1-2H3,(H2,18,19,20). The number of benzene rings is 1. The maximum absolute atomic E-state index is 12.9. The molecule has 0 aromatic heterocycles. The monoisotopic (exact) mass is 352 g/mol. The molecular weight excluding hydrogens is 337 g/mol. The molecule has 1 aromatic rings. The largest absolute Gasteiger partial charge is 0.418 e. The fraction of sp³-hybridized carbons (Fsp3) is 0.417. The molecule has 4 nitrogen and oxygen atoms in total. The van der Waals surface area contributed by atoms with Crippen LogP contribution >= 0.6 is 15.9 Å². The van der Waals surface area contributed by atoms with E-state index in [2.05, 4.69) is 31.7 Å². The van der Waals surface area contributed by atoms with Crippen molar-refractivity contribution in [3.63, 3.8) is 0 Å². The summed E-state index contributed by atoms with van der Waals surface area (Å²) in [4.78, 5) is 4.07. The SMILES string of the molecule is CC(C)CN=C(NN)Nc1ccc(Br)cc1C(F)(F)F. The fourth-order valence-electron chi connectivity index (χ4n) is 1.38. The third kappa shape index (κ3) is 5.01. The Labute approximate surface area is 123 Å². The molecule has 0 saturated heterocycles. The van der Waals surface area contributed by atoms with E-state index in [0.29, 0.717) is 11.0 Å². The predicted molar refractivity (Wildman–Crippen MR) is 77.2 cm³/mol. The van der Waals surface area contributed by atoms with Gasteiger partial charge in [0.2, 0.25) is 5.96 Å². The van der Waals surface area contributed by atoms with Crippen molar-refractivity contribution in [1.82, 2.24) is 5.43 Å². The maximum atomic E-state index is 12.9. The second-order valence-corrected chi connectivity index (χ2v) is 5.46. The van der Waals surface area contributed by atoms with E-state index in [9.17, 15) is 13.2 Å². The van der Waals surface area contributed by atoms with Gasteiger partial charge in [0, 0.05) is 11.0 Å². The van der Waals surface area contributed by atoms with E-state index in [0.717, 1.165) is 6.07 Å². The zero-order valence-electron chi connectivity index (χ0n) is 11.1. The van der Waals surface area contributed by atoms with Gasteiger partial charge in [-0.2, -0.15) is 13.2 Å². The lowest BCUT2D eigenvalue weighted by atomic mass is 10.1. The Bertz CT molecular complexity index is 486. The number of aliphatic imine (C=N–C) groups is 1. The third-order valence-corrected chi connectivity index (χ3v) is 2.78. The van der Waals surface area contributed by atoms with Crippen LogP contribution in [0.2, 0.25) is 0 Å². The summed E-state index contributed by atoms with van der Waals surface area (Å²) in [5.41, 5.74) is 1.36. The summed E-state index contributed by atoms with van der Waals surface area (Å²) in [6.45, 7) is 4.33. The number of nitrogens with one attached hydrogen (secondary N) is 2. The van der Waals surface area contributed by atoms with Crippen LogP contribution < -0.4 is 16.6 Å². The minimum atomic E-state index is -4.47. The Morgan fingerprint density at radius 3 is 2.55 bits per heavy atom. The van der Waals surface area contributed by atoms with Gasteiger partial charge in [0.05, 0.1) is 11.3 Å². The van der Waals surface area contributed by atoms with Crippen LogP contribution in [-0.4, -0.2) is 12.5 Å².